The predicted molar refractivity (Wildman–Crippen MR) is 184 cm³/mol. The molecule has 0 radical (unpaired) electrons. The number of ether oxygens (including phenoxy) is 2. The number of hydrogen-bond acceptors (Lipinski definition) is 5. The third-order valence-corrected chi connectivity index (χ3v) is 8.82. The molecule has 4 rings (SSSR count). The van der Waals surface area contributed by atoms with Crippen molar-refractivity contribution in [3.8, 4) is 11.5 Å². The number of Topliss-reactive ketones (excluding diaryl/α,β-unsaturated/α-hetero) is 1. The Kier molecular flexibility index (Phi) is 13.3. The summed E-state index contributed by atoms with van der Waals surface area (Å²) in [6.07, 6.45) is 5.03. The minimum Gasteiger partial charge on any atom is -0.457 e. The van der Waals surface area contributed by atoms with Crippen molar-refractivity contribution in [2.24, 2.45) is 5.92 Å². The average molecular weight is 665 g/mol. The number of alkyl halides is 3. The molecule has 3 aromatic rings. The third-order valence-electron chi connectivity index (χ3n) is 8.82. The maximum Gasteiger partial charge on any atom is 0.416 e. The Morgan fingerprint density at radius 2 is 1.73 bits per heavy atom. The molecule has 0 bridgehead atoms. The van der Waals surface area contributed by atoms with Crippen LogP contribution in [0.4, 0.5) is 13.2 Å². The smallest absolute Gasteiger partial charge is 0.416 e. The first kappa shape index (κ1) is 36.7. The second kappa shape index (κ2) is 17.3. The van der Waals surface area contributed by atoms with Crippen molar-refractivity contribution < 1.29 is 32.2 Å². The molecule has 1 amide bonds. The Hall–Kier alpha value is -4.11. The minimum atomic E-state index is -4.40. The van der Waals surface area contributed by atoms with Crippen LogP contribution in [0.5, 0.6) is 11.5 Å². The first-order valence-corrected chi connectivity index (χ1v) is 16.8. The molecule has 1 aliphatic rings. The third kappa shape index (κ3) is 10.7. The molecular weight excluding hydrogens is 617 g/mol. The van der Waals surface area contributed by atoms with E-state index >= 15 is 0 Å². The molecule has 1 N–H and O–H groups in total. The largest absolute Gasteiger partial charge is 0.457 e. The number of ketones is 1. The van der Waals surface area contributed by atoms with E-state index in [4.69, 9.17) is 9.47 Å². The summed E-state index contributed by atoms with van der Waals surface area (Å²) >= 11 is 0. The second-order valence-corrected chi connectivity index (χ2v) is 12.7. The second-order valence-electron chi connectivity index (χ2n) is 12.7. The van der Waals surface area contributed by atoms with Gasteiger partial charge in [0.2, 0.25) is 0 Å². The highest BCUT2D eigenvalue weighted by Gasteiger charge is 2.30. The van der Waals surface area contributed by atoms with E-state index in [-0.39, 0.29) is 23.5 Å². The number of carbonyl (C=O) groups is 2. The Morgan fingerprint density at radius 1 is 1.04 bits per heavy atom. The molecule has 0 aliphatic carbocycles. The monoisotopic (exact) mass is 664 g/mol. The van der Waals surface area contributed by atoms with Gasteiger partial charge in [0.1, 0.15) is 11.5 Å². The van der Waals surface area contributed by atoms with E-state index in [1.165, 1.54) is 12.1 Å². The normalized spacial score (nSPS) is 16.0. The number of halogens is 3. The summed E-state index contributed by atoms with van der Waals surface area (Å²) in [5, 5.41) is 4.84. The van der Waals surface area contributed by atoms with Crippen LogP contribution in [0.1, 0.15) is 90.1 Å². The van der Waals surface area contributed by atoms with E-state index in [0.717, 1.165) is 86.2 Å². The summed E-state index contributed by atoms with van der Waals surface area (Å²) in [5.74, 6) is 1.04. The van der Waals surface area contributed by atoms with Crippen LogP contribution in [0.15, 0.2) is 60.7 Å². The quantitative estimate of drug-likeness (QED) is 0.169. The molecule has 258 valence electrons. The van der Waals surface area contributed by atoms with Crippen molar-refractivity contribution in [1.82, 2.24) is 10.2 Å². The molecule has 1 aliphatic heterocycles. The number of nitrogens with one attached hydrogen (secondary N) is 1. The average Bonchev–Trinajstić information content (AvgIpc) is 3.06. The first-order valence-electron chi connectivity index (χ1n) is 16.8. The Balaban J connectivity index is 1.29. The zero-order valence-electron chi connectivity index (χ0n) is 28.2. The highest BCUT2D eigenvalue weighted by atomic mass is 19.4. The van der Waals surface area contributed by atoms with Gasteiger partial charge < -0.3 is 19.7 Å². The van der Waals surface area contributed by atoms with Crippen molar-refractivity contribution in [3.05, 3.63) is 93.4 Å². The van der Waals surface area contributed by atoms with Crippen LogP contribution in [-0.2, 0) is 10.9 Å². The molecule has 0 spiro atoms. The lowest BCUT2D eigenvalue weighted by Gasteiger charge is -2.23. The topological polar surface area (TPSA) is 67.9 Å². The molecule has 1 heterocycles. The number of amides is 1. The molecule has 3 aromatic carbocycles. The molecule has 0 saturated carbocycles. The van der Waals surface area contributed by atoms with Crippen molar-refractivity contribution >= 4 is 24.5 Å². The fraction of sp³-hybridized carbons (Fsp3) is 0.436. The Bertz CT molecular complexity index is 1620. The van der Waals surface area contributed by atoms with Gasteiger partial charge in [-0.2, -0.15) is 13.2 Å². The zero-order chi connectivity index (χ0) is 34.7. The van der Waals surface area contributed by atoms with Gasteiger partial charge in [-0.05, 0) is 117 Å². The van der Waals surface area contributed by atoms with Gasteiger partial charge >= 0.3 is 6.18 Å². The van der Waals surface area contributed by atoms with Gasteiger partial charge in [-0.25, -0.2) is 0 Å². The van der Waals surface area contributed by atoms with Crippen LogP contribution in [-0.4, -0.2) is 49.4 Å². The van der Waals surface area contributed by atoms with Crippen LogP contribution in [0.2, 0.25) is 0 Å². The van der Waals surface area contributed by atoms with E-state index in [1.54, 1.807) is 24.3 Å². The lowest BCUT2D eigenvalue weighted by molar-refractivity contribution is -0.137. The fourth-order valence-corrected chi connectivity index (χ4v) is 6.15. The summed E-state index contributed by atoms with van der Waals surface area (Å²) in [7, 11) is 2.04. The summed E-state index contributed by atoms with van der Waals surface area (Å²) < 4.78 is 49.8. The van der Waals surface area contributed by atoms with E-state index in [9.17, 15) is 22.8 Å². The highest BCUT2D eigenvalue weighted by Crippen LogP contribution is 2.31. The summed E-state index contributed by atoms with van der Waals surface area (Å²) in [4.78, 5) is 28.1. The maximum absolute atomic E-state index is 13.0. The zero-order valence-corrected chi connectivity index (χ0v) is 28.2. The molecule has 6 nitrogen and oxygen atoms in total. The van der Waals surface area contributed by atoms with Crippen molar-refractivity contribution in [3.63, 3.8) is 0 Å². The van der Waals surface area contributed by atoms with Gasteiger partial charge in [-0.15, -0.1) is 0 Å². The van der Waals surface area contributed by atoms with Crippen LogP contribution < -0.4 is 20.5 Å². The molecule has 2 unspecified atom stereocenters. The van der Waals surface area contributed by atoms with Gasteiger partial charge in [-0.1, -0.05) is 26.0 Å². The Labute approximate surface area is 281 Å². The Morgan fingerprint density at radius 3 is 2.35 bits per heavy atom. The molecular formula is C39H47F3N2O4. The number of hydrogen-bond donors (Lipinski definition) is 1. The highest BCUT2D eigenvalue weighted by molar-refractivity contribution is 5.96. The lowest BCUT2D eigenvalue weighted by atomic mass is 9.94. The van der Waals surface area contributed by atoms with E-state index in [0.29, 0.717) is 35.8 Å². The van der Waals surface area contributed by atoms with E-state index in [1.807, 2.05) is 26.1 Å². The van der Waals surface area contributed by atoms with Crippen molar-refractivity contribution in [1.29, 1.82) is 0 Å². The van der Waals surface area contributed by atoms with Gasteiger partial charge in [-0.3, -0.25) is 9.59 Å². The van der Waals surface area contributed by atoms with Gasteiger partial charge in [0.05, 0.1) is 11.7 Å². The van der Waals surface area contributed by atoms with Gasteiger partial charge in [0.25, 0.3) is 5.91 Å². The molecule has 1 saturated heterocycles. The lowest BCUT2D eigenvalue weighted by Crippen LogP contribution is -2.38. The summed E-state index contributed by atoms with van der Waals surface area (Å²) in [6, 6.07) is 14.9. The van der Waals surface area contributed by atoms with E-state index in [2.05, 4.69) is 29.9 Å². The predicted octanol–water partition coefficient (Wildman–Crippen LogP) is 7.65. The van der Waals surface area contributed by atoms with Crippen LogP contribution in [0.3, 0.4) is 0 Å². The minimum absolute atomic E-state index is 0.0358. The molecule has 0 aromatic heterocycles. The maximum atomic E-state index is 13.0. The van der Waals surface area contributed by atoms with Crippen molar-refractivity contribution in [2.75, 3.05) is 26.7 Å². The van der Waals surface area contributed by atoms with Crippen LogP contribution in [0, 0.1) is 12.8 Å². The SMILES string of the molecule is C=c1ccc(C(=O)NCC2CCCCO2)c(C)/c1=C/N(C)CC(CCC)CCCC(=O)c1ccc(Oc2ccc(C(F)(F)F)cc2)cc1. The van der Waals surface area contributed by atoms with Crippen LogP contribution >= 0.6 is 0 Å². The molecule has 2 atom stereocenters. The number of nitrogens with zero attached hydrogens (tertiary/aromatic N) is 1. The molecule has 9 heteroatoms. The first-order chi connectivity index (χ1) is 22.9. The van der Waals surface area contributed by atoms with Gasteiger partial charge in [0, 0.05) is 55.7 Å². The summed E-state index contributed by atoms with van der Waals surface area (Å²) in [5.41, 5.74) is 1.36. The van der Waals surface area contributed by atoms with E-state index < -0.39 is 11.7 Å². The number of carbonyl (C=O) groups excluding carboxylic acids is 2. The number of benzene rings is 3. The fourth-order valence-electron chi connectivity index (χ4n) is 6.15. The summed E-state index contributed by atoms with van der Waals surface area (Å²) in [6.45, 7) is 10.4. The van der Waals surface area contributed by atoms with Crippen molar-refractivity contribution in [2.45, 2.75) is 77.5 Å². The van der Waals surface area contributed by atoms with Gasteiger partial charge in [0.15, 0.2) is 5.78 Å². The number of rotatable bonds is 15. The standard InChI is InChI=1S/C39H47F3N2O4/c1-5-9-29(10-8-12-37(45)30-14-18-32(19-15-30)48-33-20-16-31(17-21-33)39(40,41)42)25-44(4)26-36-27(2)13-22-35(28(36)3)38(46)43-24-34-11-6-7-23-47-34/h13-22,26,29,34H,2,5-12,23-25H2,1,3-4H3,(H,43,46)/b36-26+. The molecule has 1 fully saturated rings. The molecule has 48 heavy (non-hydrogen) atoms. The van der Waals surface area contributed by atoms with Crippen LogP contribution in [0.25, 0.3) is 12.8 Å².